The summed E-state index contributed by atoms with van der Waals surface area (Å²) in [7, 11) is 0. The van der Waals surface area contributed by atoms with Crippen LogP contribution in [0.2, 0.25) is 0 Å². The minimum absolute atomic E-state index is 0.106. The van der Waals surface area contributed by atoms with E-state index in [1.165, 1.54) is 5.48 Å². The summed E-state index contributed by atoms with van der Waals surface area (Å²) < 4.78 is 1.80. The first-order valence-electron chi connectivity index (χ1n) is 5.42. The lowest BCUT2D eigenvalue weighted by Gasteiger charge is -2.08. The molecule has 4 N–H and O–H groups in total. The van der Waals surface area contributed by atoms with Crippen molar-refractivity contribution in [2.24, 2.45) is 0 Å². The molecular formula is C11H14N4O3. The quantitative estimate of drug-likeness (QED) is 0.454. The molecule has 0 radical (unpaired) electrons. The second-order valence-electron chi connectivity index (χ2n) is 3.81. The van der Waals surface area contributed by atoms with Crippen molar-refractivity contribution in [2.75, 3.05) is 11.9 Å². The van der Waals surface area contributed by atoms with Crippen LogP contribution in [0.25, 0.3) is 5.65 Å². The van der Waals surface area contributed by atoms with E-state index in [9.17, 15) is 9.90 Å². The highest BCUT2D eigenvalue weighted by Gasteiger charge is 2.13. The van der Waals surface area contributed by atoms with Gasteiger partial charge in [-0.25, -0.2) is 10.5 Å². The molecule has 0 unspecified atom stereocenters. The van der Waals surface area contributed by atoms with Crippen LogP contribution >= 0.6 is 0 Å². The lowest BCUT2D eigenvalue weighted by Crippen LogP contribution is -2.27. The Morgan fingerprint density at radius 2 is 2.28 bits per heavy atom. The average Bonchev–Trinajstić information content (AvgIpc) is 2.75. The number of rotatable bonds is 4. The van der Waals surface area contributed by atoms with Crippen LogP contribution in [0.5, 0.6) is 0 Å². The first kappa shape index (κ1) is 12.3. The van der Waals surface area contributed by atoms with Gasteiger partial charge in [-0.2, -0.15) is 0 Å². The summed E-state index contributed by atoms with van der Waals surface area (Å²) in [5, 5.41) is 20.6. The van der Waals surface area contributed by atoms with Gasteiger partial charge in [-0.15, -0.1) is 0 Å². The summed E-state index contributed by atoms with van der Waals surface area (Å²) in [6.45, 7) is 1.56. The van der Waals surface area contributed by atoms with Crippen molar-refractivity contribution in [3.05, 3.63) is 29.6 Å². The number of imidazole rings is 1. The van der Waals surface area contributed by atoms with Gasteiger partial charge in [0, 0.05) is 5.69 Å². The number of aliphatic hydroxyl groups excluding tert-OH is 1. The molecule has 96 valence electrons. The Morgan fingerprint density at radius 3 is 2.94 bits per heavy atom. The number of amides is 1. The van der Waals surface area contributed by atoms with Gasteiger partial charge >= 0.3 is 0 Å². The Hall–Kier alpha value is -2.12. The molecule has 2 heterocycles. The van der Waals surface area contributed by atoms with E-state index >= 15 is 0 Å². The van der Waals surface area contributed by atoms with E-state index in [0.717, 1.165) is 5.69 Å². The standard InChI is InChI=1S/C11H14N4O3/c1-7-3-2-4-9-13-8(6-16)11(15(7)9)12-5-10(17)14-18/h2-4,12,16,18H,5-6H2,1H3,(H,14,17). The minimum atomic E-state index is -0.567. The Labute approximate surface area is 103 Å². The molecule has 2 aromatic heterocycles. The zero-order valence-electron chi connectivity index (χ0n) is 9.84. The molecular weight excluding hydrogens is 236 g/mol. The molecule has 0 saturated carbocycles. The smallest absolute Gasteiger partial charge is 0.262 e. The summed E-state index contributed by atoms with van der Waals surface area (Å²) in [6, 6.07) is 5.57. The zero-order chi connectivity index (χ0) is 13.1. The van der Waals surface area contributed by atoms with Gasteiger partial charge in [0.1, 0.15) is 17.2 Å². The van der Waals surface area contributed by atoms with Gasteiger partial charge in [0.25, 0.3) is 5.91 Å². The largest absolute Gasteiger partial charge is 0.390 e. The average molecular weight is 250 g/mol. The maximum absolute atomic E-state index is 11.0. The summed E-state index contributed by atoms with van der Waals surface area (Å²) in [5.41, 5.74) is 3.60. The molecule has 0 atom stereocenters. The molecule has 0 aliphatic heterocycles. The Balaban J connectivity index is 2.43. The Morgan fingerprint density at radius 1 is 1.50 bits per heavy atom. The van der Waals surface area contributed by atoms with Crippen LogP contribution in [0.3, 0.4) is 0 Å². The van der Waals surface area contributed by atoms with E-state index < -0.39 is 5.91 Å². The van der Waals surface area contributed by atoms with Crippen molar-refractivity contribution in [1.82, 2.24) is 14.9 Å². The van der Waals surface area contributed by atoms with Crippen molar-refractivity contribution >= 4 is 17.4 Å². The number of carbonyl (C=O) groups is 1. The number of pyridine rings is 1. The number of nitrogens with zero attached hydrogens (tertiary/aromatic N) is 2. The van der Waals surface area contributed by atoms with Crippen molar-refractivity contribution in [1.29, 1.82) is 0 Å². The van der Waals surface area contributed by atoms with E-state index in [-0.39, 0.29) is 13.2 Å². The molecule has 0 aliphatic rings. The zero-order valence-corrected chi connectivity index (χ0v) is 9.84. The second-order valence-corrected chi connectivity index (χ2v) is 3.81. The van der Waals surface area contributed by atoms with E-state index in [2.05, 4.69) is 10.3 Å². The van der Waals surface area contributed by atoms with Crippen LogP contribution in [0.1, 0.15) is 11.4 Å². The SMILES string of the molecule is Cc1cccc2nc(CO)c(NCC(=O)NO)n12. The lowest BCUT2D eigenvalue weighted by molar-refractivity contribution is -0.127. The van der Waals surface area contributed by atoms with Gasteiger partial charge in [-0.3, -0.25) is 14.4 Å². The summed E-state index contributed by atoms with van der Waals surface area (Å²) in [6.07, 6.45) is 0. The molecule has 0 spiro atoms. The van der Waals surface area contributed by atoms with E-state index in [1.54, 1.807) is 4.40 Å². The third kappa shape index (κ3) is 2.13. The lowest BCUT2D eigenvalue weighted by atomic mass is 10.3. The molecule has 7 heteroatoms. The van der Waals surface area contributed by atoms with E-state index in [1.807, 2.05) is 25.1 Å². The summed E-state index contributed by atoms with van der Waals surface area (Å²) in [5.74, 6) is -0.0170. The van der Waals surface area contributed by atoms with Gasteiger partial charge < -0.3 is 10.4 Å². The molecule has 0 bridgehead atoms. The van der Waals surface area contributed by atoms with Crippen molar-refractivity contribution in [3.8, 4) is 0 Å². The van der Waals surface area contributed by atoms with E-state index in [4.69, 9.17) is 5.21 Å². The molecule has 0 fully saturated rings. The molecule has 2 rings (SSSR count). The first-order chi connectivity index (χ1) is 8.67. The summed E-state index contributed by atoms with van der Waals surface area (Å²) >= 11 is 0. The number of nitrogens with one attached hydrogen (secondary N) is 2. The predicted molar refractivity (Wildman–Crippen MR) is 64.3 cm³/mol. The molecule has 18 heavy (non-hydrogen) atoms. The number of anilines is 1. The third-order valence-corrected chi connectivity index (χ3v) is 2.60. The molecule has 7 nitrogen and oxygen atoms in total. The van der Waals surface area contributed by atoms with Gasteiger partial charge in [-0.05, 0) is 19.1 Å². The number of aliphatic hydroxyl groups is 1. The van der Waals surface area contributed by atoms with Gasteiger partial charge in [0.15, 0.2) is 0 Å². The Bertz CT molecular complexity index is 579. The number of carbonyl (C=O) groups excluding carboxylic acids is 1. The minimum Gasteiger partial charge on any atom is -0.390 e. The van der Waals surface area contributed by atoms with Crippen LogP contribution in [-0.2, 0) is 11.4 Å². The molecule has 2 aromatic rings. The monoisotopic (exact) mass is 250 g/mol. The number of fused-ring (bicyclic) bond motifs is 1. The maximum Gasteiger partial charge on any atom is 0.262 e. The number of hydroxylamine groups is 1. The highest BCUT2D eigenvalue weighted by atomic mass is 16.5. The van der Waals surface area contributed by atoms with Crippen LogP contribution in [0, 0.1) is 6.92 Å². The number of hydrogen-bond donors (Lipinski definition) is 4. The van der Waals surface area contributed by atoms with Crippen molar-refractivity contribution in [2.45, 2.75) is 13.5 Å². The predicted octanol–water partition coefficient (Wildman–Crippen LogP) is 0.0523. The maximum atomic E-state index is 11.0. The number of hydrogen-bond acceptors (Lipinski definition) is 5. The second kappa shape index (κ2) is 5.03. The van der Waals surface area contributed by atoms with Gasteiger partial charge in [-0.1, -0.05) is 6.07 Å². The Kier molecular flexibility index (Phi) is 3.45. The fourth-order valence-electron chi connectivity index (χ4n) is 1.80. The van der Waals surface area contributed by atoms with Crippen molar-refractivity contribution < 1.29 is 15.1 Å². The van der Waals surface area contributed by atoms with Crippen molar-refractivity contribution in [3.63, 3.8) is 0 Å². The van der Waals surface area contributed by atoms with E-state index in [0.29, 0.717) is 17.2 Å². The van der Waals surface area contributed by atoms with Crippen LogP contribution in [0.4, 0.5) is 5.82 Å². The highest BCUT2D eigenvalue weighted by Crippen LogP contribution is 2.20. The first-order valence-corrected chi connectivity index (χ1v) is 5.42. The highest BCUT2D eigenvalue weighted by molar-refractivity contribution is 5.79. The van der Waals surface area contributed by atoms with Crippen LogP contribution in [0.15, 0.2) is 18.2 Å². The number of aromatic nitrogens is 2. The molecule has 0 aromatic carbocycles. The third-order valence-electron chi connectivity index (χ3n) is 2.60. The van der Waals surface area contributed by atoms with Gasteiger partial charge in [0.05, 0.1) is 13.2 Å². The molecule has 0 saturated heterocycles. The van der Waals surface area contributed by atoms with Gasteiger partial charge in [0.2, 0.25) is 0 Å². The molecule has 0 aliphatic carbocycles. The summed E-state index contributed by atoms with van der Waals surface area (Å²) in [4.78, 5) is 15.3. The molecule has 1 amide bonds. The normalized spacial score (nSPS) is 10.6. The van der Waals surface area contributed by atoms with Crippen LogP contribution < -0.4 is 10.8 Å². The number of aryl methyl sites for hydroxylation is 1. The van der Waals surface area contributed by atoms with Crippen LogP contribution in [-0.4, -0.2) is 32.2 Å². The topological polar surface area (TPSA) is 98.9 Å². The fourth-order valence-corrected chi connectivity index (χ4v) is 1.80. The fraction of sp³-hybridized carbons (Fsp3) is 0.273.